The second kappa shape index (κ2) is 8.77. The van der Waals surface area contributed by atoms with Gasteiger partial charge in [-0.05, 0) is 30.0 Å². The predicted octanol–water partition coefficient (Wildman–Crippen LogP) is 5.24. The summed E-state index contributed by atoms with van der Waals surface area (Å²) >= 11 is 12.7. The zero-order valence-electron chi connectivity index (χ0n) is 16.9. The van der Waals surface area contributed by atoms with Crippen molar-refractivity contribution in [1.29, 1.82) is 0 Å². The van der Waals surface area contributed by atoms with E-state index in [9.17, 15) is 9.59 Å². The van der Waals surface area contributed by atoms with Gasteiger partial charge in [-0.3, -0.25) is 4.79 Å². The molecule has 0 saturated carbocycles. The second-order valence-corrected chi connectivity index (χ2v) is 8.24. The van der Waals surface area contributed by atoms with Crippen LogP contribution in [-0.4, -0.2) is 18.4 Å². The summed E-state index contributed by atoms with van der Waals surface area (Å²) in [5.74, 6) is -1.24. The molecule has 4 rings (SSSR count). The van der Waals surface area contributed by atoms with Crippen LogP contribution in [0.15, 0.2) is 71.3 Å². The Kier molecular flexibility index (Phi) is 6.08. The lowest BCUT2D eigenvalue weighted by atomic mass is 9.73. The van der Waals surface area contributed by atoms with Crippen molar-refractivity contribution in [2.24, 2.45) is 5.73 Å². The van der Waals surface area contributed by atoms with Gasteiger partial charge in [0.2, 0.25) is 5.88 Å². The Morgan fingerprint density at radius 2 is 1.87 bits per heavy atom. The van der Waals surface area contributed by atoms with Gasteiger partial charge in [-0.25, -0.2) is 4.79 Å². The smallest absolute Gasteiger partial charge is 0.340 e. The van der Waals surface area contributed by atoms with Gasteiger partial charge in [-0.15, -0.1) is 0 Å². The monoisotopic (exact) mass is 457 g/mol. The lowest BCUT2D eigenvalue weighted by molar-refractivity contribution is -0.139. The lowest BCUT2D eigenvalue weighted by Gasteiger charge is -2.35. The van der Waals surface area contributed by atoms with Gasteiger partial charge >= 0.3 is 5.97 Å². The molecular formula is C24H21Cl2NO4. The van der Waals surface area contributed by atoms with Crippen molar-refractivity contribution in [3.05, 3.63) is 92.5 Å². The number of benzene rings is 2. The first-order chi connectivity index (χ1) is 14.9. The minimum Gasteiger partial charge on any atom is -0.462 e. The molecule has 2 aromatic carbocycles. The summed E-state index contributed by atoms with van der Waals surface area (Å²) in [6, 6.07) is 14.9. The molecule has 31 heavy (non-hydrogen) atoms. The summed E-state index contributed by atoms with van der Waals surface area (Å²) in [4.78, 5) is 26.2. The molecule has 0 aromatic heterocycles. The second-order valence-electron chi connectivity index (χ2n) is 7.45. The fraction of sp³-hybridized carbons (Fsp3) is 0.250. The van der Waals surface area contributed by atoms with Gasteiger partial charge in [0.25, 0.3) is 0 Å². The highest BCUT2D eigenvalue weighted by molar-refractivity contribution is 6.42. The van der Waals surface area contributed by atoms with Crippen LogP contribution in [0.2, 0.25) is 10.0 Å². The van der Waals surface area contributed by atoms with E-state index in [1.54, 1.807) is 25.1 Å². The number of hydrogen-bond acceptors (Lipinski definition) is 5. The molecule has 0 bridgehead atoms. The highest BCUT2D eigenvalue weighted by Gasteiger charge is 2.44. The highest BCUT2D eigenvalue weighted by atomic mass is 35.5. The molecule has 1 heterocycles. The number of carbonyl (C=O) groups excluding carboxylic acids is 2. The van der Waals surface area contributed by atoms with Gasteiger partial charge in [-0.2, -0.15) is 0 Å². The average Bonchev–Trinajstić information content (AvgIpc) is 2.75. The third-order valence-corrected chi connectivity index (χ3v) is 6.43. The third-order valence-electron chi connectivity index (χ3n) is 5.60. The molecule has 5 nitrogen and oxygen atoms in total. The zero-order valence-corrected chi connectivity index (χ0v) is 18.4. The first-order valence-electron chi connectivity index (χ1n) is 10.0. The fourth-order valence-corrected chi connectivity index (χ4v) is 4.65. The minimum absolute atomic E-state index is 0.0418. The van der Waals surface area contributed by atoms with Crippen LogP contribution in [0, 0.1) is 0 Å². The van der Waals surface area contributed by atoms with Crippen LogP contribution in [0.4, 0.5) is 0 Å². The lowest BCUT2D eigenvalue weighted by Crippen LogP contribution is -2.33. The summed E-state index contributed by atoms with van der Waals surface area (Å²) in [6.45, 7) is 1.85. The molecule has 0 amide bonds. The largest absolute Gasteiger partial charge is 0.462 e. The Bertz CT molecular complexity index is 1110. The van der Waals surface area contributed by atoms with Crippen molar-refractivity contribution in [3.8, 4) is 0 Å². The van der Waals surface area contributed by atoms with E-state index in [4.69, 9.17) is 38.4 Å². The van der Waals surface area contributed by atoms with Crippen LogP contribution in [0.3, 0.4) is 0 Å². The molecule has 0 saturated heterocycles. The van der Waals surface area contributed by atoms with Crippen molar-refractivity contribution < 1.29 is 19.1 Å². The van der Waals surface area contributed by atoms with E-state index < -0.39 is 11.9 Å². The molecule has 2 atom stereocenters. The van der Waals surface area contributed by atoms with Crippen LogP contribution in [0.1, 0.15) is 42.7 Å². The van der Waals surface area contributed by atoms with Gasteiger partial charge in [0.05, 0.1) is 22.6 Å². The molecule has 1 aliphatic carbocycles. The molecule has 2 N–H and O–H groups in total. The summed E-state index contributed by atoms with van der Waals surface area (Å²) in [6.07, 6.45) is 0.771. The number of rotatable bonds is 4. The van der Waals surface area contributed by atoms with Gasteiger partial charge in [0.1, 0.15) is 11.3 Å². The van der Waals surface area contributed by atoms with Crippen molar-refractivity contribution in [3.63, 3.8) is 0 Å². The Hall–Kier alpha value is -2.76. The standard InChI is InChI=1S/C24H21Cl2NO4/c1-2-30-24(29)21-19(15-9-6-10-16(25)22(15)26)20-17(28)11-14(12-18(20)31-23(21)27)13-7-4-3-5-8-13/h3-10,14,19H,2,11-12,27H2,1H3/t14-,19-/m1/s1. The van der Waals surface area contributed by atoms with E-state index in [1.165, 1.54) is 0 Å². The first kappa shape index (κ1) is 21.5. The SMILES string of the molecule is CCOC(=O)C1=C(N)OC2=C(C(=O)C[C@@H](c3ccccc3)C2)[C@H]1c1cccc(Cl)c1Cl. The maximum atomic E-state index is 13.4. The van der Waals surface area contributed by atoms with Crippen LogP contribution in [0.25, 0.3) is 0 Å². The van der Waals surface area contributed by atoms with Crippen LogP contribution in [0.5, 0.6) is 0 Å². The third kappa shape index (κ3) is 3.95. The fourth-order valence-electron chi connectivity index (χ4n) is 4.23. The molecule has 2 aliphatic rings. The Labute approximate surface area is 190 Å². The number of hydrogen-bond donors (Lipinski definition) is 1. The van der Waals surface area contributed by atoms with Crippen molar-refractivity contribution in [2.45, 2.75) is 31.6 Å². The molecule has 0 spiro atoms. The van der Waals surface area contributed by atoms with Crippen LogP contribution < -0.4 is 5.73 Å². The summed E-state index contributed by atoms with van der Waals surface area (Å²) in [7, 11) is 0. The average molecular weight is 458 g/mol. The van der Waals surface area contributed by atoms with E-state index in [-0.39, 0.29) is 41.2 Å². The Morgan fingerprint density at radius 1 is 1.13 bits per heavy atom. The molecule has 7 heteroatoms. The van der Waals surface area contributed by atoms with Gasteiger partial charge < -0.3 is 15.2 Å². The molecule has 160 valence electrons. The number of carbonyl (C=O) groups is 2. The quantitative estimate of drug-likeness (QED) is 0.634. The van der Waals surface area contributed by atoms with Gasteiger partial charge in [-0.1, -0.05) is 65.7 Å². The molecular weight excluding hydrogens is 437 g/mol. The van der Waals surface area contributed by atoms with Crippen LogP contribution in [-0.2, 0) is 19.1 Å². The van der Waals surface area contributed by atoms with E-state index in [0.717, 1.165) is 5.56 Å². The van der Waals surface area contributed by atoms with E-state index in [0.29, 0.717) is 28.3 Å². The molecule has 2 aromatic rings. The van der Waals surface area contributed by atoms with Crippen molar-refractivity contribution >= 4 is 35.0 Å². The van der Waals surface area contributed by atoms with E-state index in [1.807, 2.05) is 30.3 Å². The summed E-state index contributed by atoms with van der Waals surface area (Å²) in [5.41, 5.74) is 8.21. The normalized spacial score (nSPS) is 20.9. The predicted molar refractivity (Wildman–Crippen MR) is 119 cm³/mol. The summed E-state index contributed by atoms with van der Waals surface area (Å²) in [5, 5.41) is 0.579. The molecule has 0 fully saturated rings. The molecule has 0 radical (unpaired) electrons. The Morgan fingerprint density at radius 3 is 2.58 bits per heavy atom. The number of halogens is 2. The number of ketones is 1. The number of nitrogens with two attached hydrogens (primary N) is 1. The molecule has 1 aliphatic heterocycles. The Balaban J connectivity index is 1.85. The van der Waals surface area contributed by atoms with Gasteiger partial charge in [0.15, 0.2) is 5.78 Å². The van der Waals surface area contributed by atoms with E-state index >= 15 is 0 Å². The number of allylic oxidation sites excluding steroid dienone is 2. The van der Waals surface area contributed by atoms with Crippen LogP contribution >= 0.6 is 23.2 Å². The topological polar surface area (TPSA) is 78.6 Å². The maximum Gasteiger partial charge on any atom is 0.340 e. The van der Waals surface area contributed by atoms with Crippen molar-refractivity contribution in [1.82, 2.24) is 0 Å². The van der Waals surface area contributed by atoms with Crippen molar-refractivity contribution in [2.75, 3.05) is 6.61 Å². The molecule has 0 unspecified atom stereocenters. The zero-order chi connectivity index (χ0) is 22.1. The van der Waals surface area contributed by atoms with E-state index in [2.05, 4.69) is 0 Å². The first-order valence-corrected chi connectivity index (χ1v) is 10.8. The number of ether oxygens (including phenoxy) is 2. The maximum absolute atomic E-state index is 13.4. The highest BCUT2D eigenvalue weighted by Crippen LogP contribution is 2.49. The number of esters is 1. The number of Topliss-reactive ketones (excluding diaryl/α,β-unsaturated/α-hetero) is 1. The van der Waals surface area contributed by atoms with Gasteiger partial charge in [0, 0.05) is 18.4 Å². The summed E-state index contributed by atoms with van der Waals surface area (Å²) < 4.78 is 11.1. The minimum atomic E-state index is -0.807.